The van der Waals surface area contributed by atoms with Gasteiger partial charge in [-0.05, 0) is 26.2 Å². The predicted octanol–water partition coefficient (Wildman–Crippen LogP) is 2.31. The van der Waals surface area contributed by atoms with E-state index in [4.69, 9.17) is 5.11 Å². The normalized spacial score (nSPS) is 16.5. The number of hydrogen-bond acceptors (Lipinski definition) is 3. The minimum absolute atomic E-state index is 0.0556. The number of hydrogen-bond donors (Lipinski definition) is 1. The number of carboxylic acid groups (broad SMARTS) is 1. The van der Waals surface area contributed by atoms with Crippen LogP contribution in [0.25, 0.3) is 0 Å². The van der Waals surface area contributed by atoms with Gasteiger partial charge in [0.2, 0.25) is 0 Å². The van der Waals surface area contributed by atoms with E-state index in [1.807, 2.05) is 0 Å². The van der Waals surface area contributed by atoms with Crippen LogP contribution < -0.4 is 0 Å². The number of aliphatic carboxylic acids is 1. The molecule has 0 aromatic heterocycles. The Morgan fingerprint density at radius 1 is 1.53 bits per heavy atom. The maximum atomic E-state index is 11.1. The maximum absolute atomic E-state index is 11.1. The predicted molar refractivity (Wildman–Crippen MR) is 60.8 cm³/mol. The summed E-state index contributed by atoms with van der Waals surface area (Å²) in [4.78, 5) is 21.6. The molecule has 0 aliphatic heterocycles. The van der Waals surface area contributed by atoms with Crippen molar-refractivity contribution >= 4 is 11.7 Å². The number of aryl methyl sites for hydroxylation is 1. The number of nitro benzene ring substituents is 1. The molecule has 0 heterocycles. The fourth-order valence-electron chi connectivity index (χ4n) is 2.11. The molecule has 17 heavy (non-hydrogen) atoms. The molecule has 0 spiro atoms. The molecule has 0 bridgehead atoms. The van der Waals surface area contributed by atoms with E-state index in [0.29, 0.717) is 24.0 Å². The maximum Gasteiger partial charge on any atom is 0.309 e. The van der Waals surface area contributed by atoms with Crippen LogP contribution in [0, 0.1) is 22.5 Å². The molecular formula is C12H13NO4. The first-order chi connectivity index (χ1) is 7.96. The zero-order chi connectivity index (χ0) is 12.6. The van der Waals surface area contributed by atoms with Crippen molar-refractivity contribution in [1.82, 2.24) is 0 Å². The molecule has 0 amide bonds. The van der Waals surface area contributed by atoms with Crippen molar-refractivity contribution in [2.45, 2.75) is 26.2 Å². The van der Waals surface area contributed by atoms with Crippen LogP contribution in [0.5, 0.6) is 0 Å². The van der Waals surface area contributed by atoms with Crippen molar-refractivity contribution in [3.8, 4) is 0 Å². The SMILES string of the molecule is Cc1cccc(CC2(C(=O)O)CC2)c1[N+](=O)[O-]. The van der Waals surface area contributed by atoms with Crippen LogP contribution >= 0.6 is 0 Å². The monoisotopic (exact) mass is 235 g/mol. The van der Waals surface area contributed by atoms with E-state index >= 15 is 0 Å². The number of para-hydroxylation sites is 1. The average molecular weight is 235 g/mol. The van der Waals surface area contributed by atoms with Gasteiger partial charge in [-0.3, -0.25) is 14.9 Å². The van der Waals surface area contributed by atoms with Crippen molar-refractivity contribution < 1.29 is 14.8 Å². The van der Waals surface area contributed by atoms with Crippen molar-refractivity contribution in [1.29, 1.82) is 0 Å². The van der Waals surface area contributed by atoms with Crippen LogP contribution in [0.3, 0.4) is 0 Å². The summed E-state index contributed by atoms with van der Waals surface area (Å²) in [6.45, 7) is 1.67. The molecule has 0 atom stereocenters. The largest absolute Gasteiger partial charge is 0.481 e. The van der Waals surface area contributed by atoms with E-state index in [1.54, 1.807) is 25.1 Å². The highest BCUT2D eigenvalue weighted by Gasteiger charge is 2.50. The summed E-state index contributed by atoms with van der Waals surface area (Å²) in [5.41, 5.74) is 0.391. The molecular weight excluding hydrogens is 222 g/mol. The minimum atomic E-state index is -0.853. The van der Waals surface area contributed by atoms with E-state index in [9.17, 15) is 14.9 Å². The number of rotatable bonds is 4. The molecule has 1 aromatic carbocycles. The van der Waals surface area contributed by atoms with Crippen LogP contribution in [0.4, 0.5) is 5.69 Å². The smallest absolute Gasteiger partial charge is 0.309 e. The highest BCUT2D eigenvalue weighted by atomic mass is 16.6. The Kier molecular flexibility index (Phi) is 2.61. The standard InChI is InChI=1S/C12H13NO4/c1-8-3-2-4-9(10(8)13(16)17)7-12(5-6-12)11(14)15/h2-4H,5-7H2,1H3,(H,14,15). The molecule has 1 N–H and O–H groups in total. The molecule has 5 heteroatoms. The van der Waals surface area contributed by atoms with Crippen molar-refractivity contribution in [3.05, 3.63) is 39.4 Å². The number of carboxylic acids is 1. The summed E-state index contributed by atoms with van der Waals surface area (Å²) in [5.74, 6) is -0.853. The molecule has 0 saturated heterocycles. The molecule has 1 fully saturated rings. The van der Waals surface area contributed by atoms with Gasteiger partial charge in [0.15, 0.2) is 0 Å². The van der Waals surface area contributed by atoms with Crippen molar-refractivity contribution in [2.75, 3.05) is 0 Å². The van der Waals surface area contributed by atoms with E-state index in [-0.39, 0.29) is 12.1 Å². The summed E-state index contributed by atoms with van der Waals surface area (Å²) in [6.07, 6.45) is 1.46. The van der Waals surface area contributed by atoms with Crippen LogP contribution in [0.2, 0.25) is 0 Å². The first kappa shape index (κ1) is 11.6. The lowest BCUT2D eigenvalue weighted by Crippen LogP contribution is -2.18. The van der Waals surface area contributed by atoms with Gasteiger partial charge in [-0.1, -0.05) is 18.2 Å². The first-order valence-electron chi connectivity index (χ1n) is 5.42. The highest BCUT2D eigenvalue weighted by molar-refractivity contribution is 5.78. The molecule has 1 aromatic rings. The van der Waals surface area contributed by atoms with E-state index in [1.165, 1.54) is 0 Å². The second kappa shape index (κ2) is 3.84. The quantitative estimate of drug-likeness (QED) is 0.641. The molecule has 90 valence electrons. The molecule has 5 nitrogen and oxygen atoms in total. The summed E-state index contributed by atoms with van der Waals surface area (Å²) in [7, 11) is 0. The molecule has 0 unspecified atom stereocenters. The van der Waals surface area contributed by atoms with Crippen LogP contribution in [0.1, 0.15) is 24.0 Å². The summed E-state index contributed by atoms with van der Waals surface area (Å²) < 4.78 is 0. The molecule has 2 rings (SSSR count). The lowest BCUT2D eigenvalue weighted by atomic mass is 9.94. The first-order valence-corrected chi connectivity index (χ1v) is 5.42. The van der Waals surface area contributed by atoms with E-state index in [0.717, 1.165) is 0 Å². The Morgan fingerprint density at radius 3 is 2.65 bits per heavy atom. The molecule has 0 radical (unpaired) electrons. The second-order valence-corrected chi connectivity index (χ2v) is 4.60. The van der Waals surface area contributed by atoms with Crippen molar-refractivity contribution in [2.24, 2.45) is 5.41 Å². The number of nitrogens with zero attached hydrogens (tertiary/aromatic N) is 1. The Morgan fingerprint density at radius 2 is 2.18 bits per heavy atom. The van der Waals surface area contributed by atoms with Crippen LogP contribution in [0.15, 0.2) is 18.2 Å². The number of benzene rings is 1. The Balaban J connectivity index is 2.37. The number of nitro groups is 1. The third-order valence-corrected chi connectivity index (χ3v) is 3.34. The second-order valence-electron chi connectivity index (χ2n) is 4.60. The van der Waals surface area contributed by atoms with Gasteiger partial charge in [0.05, 0.1) is 10.3 Å². The lowest BCUT2D eigenvalue weighted by molar-refractivity contribution is -0.386. The summed E-state index contributed by atoms with van der Waals surface area (Å²) in [5, 5.41) is 20.1. The third kappa shape index (κ3) is 2.00. The Hall–Kier alpha value is -1.91. The highest BCUT2D eigenvalue weighted by Crippen LogP contribution is 2.49. The minimum Gasteiger partial charge on any atom is -0.481 e. The summed E-state index contributed by atoms with van der Waals surface area (Å²) >= 11 is 0. The zero-order valence-corrected chi connectivity index (χ0v) is 9.47. The van der Waals surface area contributed by atoms with Gasteiger partial charge in [-0.2, -0.15) is 0 Å². The summed E-state index contributed by atoms with van der Waals surface area (Å²) in [6, 6.07) is 5.05. The molecule has 1 aliphatic carbocycles. The van der Waals surface area contributed by atoms with Crippen LogP contribution in [-0.4, -0.2) is 16.0 Å². The van der Waals surface area contributed by atoms with Gasteiger partial charge < -0.3 is 5.11 Å². The van der Waals surface area contributed by atoms with Gasteiger partial charge >= 0.3 is 5.97 Å². The topological polar surface area (TPSA) is 80.4 Å². The van der Waals surface area contributed by atoms with E-state index in [2.05, 4.69) is 0 Å². The fraction of sp³-hybridized carbons (Fsp3) is 0.417. The van der Waals surface area contributed by atoms with Crippen LogP contribution in [-0.2, 0) is 11.2 Å². The average Bonchev–Trinajstić information content (AvgIpc) is 2.98. The van der Waals surface area contributed by atoms with Crippen molar-refractivity contribution in [3.63, 3.8) is 0 Å². The Bertz CT molecular complexity index is 491. The zero-order valence-electron chi connectivity index (χ0n) is 9.47. The van der Waals surface area contributed by atoms with Gasteiger partial charge in [-0.25, -0.2) is 0 Å². The van der Waals surface area contributed by atoms with Gasteiger partial charge in [0.25, 0.3) is 5.69 Å². The number of carbonyl (C=O) groups is 1. The van der Waals surface area contributed by atoms with E-state index < -0.39 is 16.3 Å². The van der Waals surface area contributed by atoms with Gasteiger partial charge in [0, 0.05) is 11.1 Å². The fourth-order valence-corrected chi connectivity index (χ4v) is 2.11. The third-order valence-electron chi connectivity index (χ3n) is 3.34. The lowest BCUT2D eigenvalue weighted by Gasteiger charge is -2.10. The Labute approximate surface area is 98.2 Å². The molecule has 1 aliphatic rings. The van der Waals surface area contributed by atoms with Gasteiger partial charge in [-0.15, -0.1) is 0 Å². The van der Waals surface area contributed by atoms with Gasteiger partial charge in [0.1, 0.15) is 0 Å². The molecule has 1 saturated carbocycles.